The van der Waals surface area contributed by atoms with Crippen molar-refractivity contribution in [2.24, 2.45) is 0 Å². The molecule has 1 fully saturated rings. The molecule has 166 valence electrons. The lowest BCUT2D eigenvalue weighted by Crippen LogP contribution is -2.54. The summed E-state index contributed by atoms with van der Waals surface area (Å²) in [6, 6.07) is 18.7. The van der Waals surface area contributed by atoms with Crippen LogP contribution < -0.4 is 15.0 Å². The predicted octanol–water partition coefficient (Wildman–Crippen LogP) is 6.22. The van der Waals surface area contributed by atoms with E-state index in [2.05, 4.69) is 53.1 Å². The number of rotatable bonds is 5. The zero-order chi connectivity index (χ0) is 23.5. The molecule has 4 amide bonds. The molecule has 1 heterocycles. The number of nitrogens with one attached hydrogen (secondary N) is 1. The van der Waals surface area contributed by atoms with Crippen molar-refractivity contribution in [2.75, 3.05) is 4.90 Å². The number of anilines is 1. The third-order valence-corrected chi connectivity index (χ3v) is 6.49. The van der Waals surface area contributed by atoms with Crippen LogP contribution in [-0.2, 0) is 16.2 Å². The summed E-state index contributed by atoms with van der Waals surface area (Å²) in [5, 5.41) is 2.22. The Balaban J connectivity index is 1.52. The van der Waals surface area contributed by atoms with Gasteiger partial charge < -0.3 is 4.74 Å². The molecule has 9 heteroatoms. The van der Waals surface area contributed by atoms with Gasteiger partial charge in [0.1, 0.15) is 17.9 Å². The molecule has 4 rings (SSSR count). The summed E-state index contributed by atoms with van der Waals surface area (Å²) < 4.78 is 8.44. The van der Waals surface area contributed by atoms with Crippen LogP contribution in [-0.4, -0.2) is 17.8 Å². The second-order valence-corrected chi connectivity index (χ2v) is 9.72. The van der Waals surface area contributed by atoms with E-state index in [0.29, 0.717) is 28.1 Å². The molecule has 0 aromatic heterocycles. The molecule has 0 aliphatic carbocycles. The number of amides is 4. The van der Waals surface area contributed by atoms with Crippen LogP contribution in [0.3, 0.4) is 0 Å². The zero-order valence-electron chi connectivity index (χ0n) is 16.8. The summed E-state index contributed by atoms with van der Waals surface area (Å²) >= 11 is 10.3. The molecule has 0 bridgehead atoms. The van der Waals surface area contributed by atoms with Gasteiger partial charge in [-0.25, -0.2) is 9.69 Å². The molecule has 0 spiro atoms. The molecule has 0 saturated carbocycles. The Morgan fingerprint density at radius 2 is 1.61 bits per heavy atom. The quantitative estimate of drug-likeness (QED) is 0.267. The average molecular weight is 635 g/mol. The first-order valence-electron chi connectivity index (χ1n) is 9.65. The lowest BCUT2D eigenvalue weighted by atomic mass is 10.1. The van der Waals surface area contributed by atoms with Crippen molar-refractivity contribution in [3.05, 3.63) is 96.8 Å². The van der Waals surface area contributed by atoms with Gasteiger partial charge in [-0.1, -0.05) is 72.1 Å². The van der Waals surface area contributed by atoms with E-state index in [1.807, 2.05) is 18.2 Å². The molecule has 1 aliphatic heterocycles. The van der Waals surface area contributed by atoms with Crippen molar-refractivity contribution >= 4 is 77.4 Å². The molecule has 0 atom stereocenters. The fourth-order valence-corrected chi connectivity index (χ4v) is 4.68. The van der Waals surface area contributed by atoms with Crippen molar-refractivity contribution < 1.29 is 19.1 Å². The number of ether oxygens (including phenoxy) is 1. The minimum Gasteiger partial charge on any atom is -0.489 e. The van der Waals surface area contributed by atoms with E-state index in [1.165, 1.54) is 6.08 Å². The fourth-order valence-electron chi connectivity index (χ4n) is 3.13. The van der Waals surface area contributed by atoms with E-state index in [4.69, 9.17) is 4.74 Å². The lowest BCUT2D eigenvalue weighted by molar-refractivity contribution is -0.122. The third-order valence-electron chi connectivity index (χ3n) is 4.77. The van der Waals surface area contributed by atoms with Gasteiger partial charge in [0.25, 0.3) is 11.8 Å². The molecular weight excluding hydrogens is 620 g/mol. The maximum atomic E-state index is 13.0. The van der Waals surface area contributed by atoms with Crippen LogP contribution in [0.1, 0.15) is 11.1 Å². The standard InChI is InChI=1S/C24H15Br3N2O4/c25-16-2-1-3-18(11-16)29-23(31)20(22(30)28-24(29)32)10-14-4-8-19(9-5-14)33-13-15-6-7-17(26)12-21(15)27/h1-12H,13H2,(H,28,30,32)/b20-10+. The summed E-state index contributed by atoms with van der Waals surface area (Å²) in [6.45, 7) is 0.374. The van der Waals surface area contributed by atoms with Crippen molar-refractivity contribution in [3.63, 3.8) is 0 Å². The molecule has 33 heavy (non-hydrogen) atoms. The summed E-state index contributed by atoms with van der Waals surface area (Å²) in [5.41, 5.74) is 1.83. The number of urea groups is 1. The number of nitrogens with zero attached hydrogens (tertiary/aromatic N) is 1. The van der Waals surface area contributed by atoms with Gasteiger partial charge in [0.2, 0.25) is 0 Å². The topological polar surface area (TPSA) is 75.7 Å². The maximum absolute atomic E-state index is 13.0. The second-order valence-electron chi connectivity index (χ2n) is 7.03. The van der Waals surface area contributed by atoms with E-state index in [9.17, 15) is 14.4 Å². The third kappa shape index (κ3) is 5.43. The number of halogens is 3. The van der Waals surface area contributed by atoms with Crippen molar-refractivity contribution in [3.8, 4) is 5.75 Å². The van der Waals surface area contributed by atoms with Gasteiger partial charge in [0.15, 0.2) is 0 Å². The van der Waals surface area contributed by atoms with Gasteiger partial charge in [0, 0.05) is 19.0 Å². The Morgan fingerprint density at radius 1 is 0.879 bits per heavy atom. The summed E-state index contributed by atoms with van der Waals surface area (Å²) in [7, 11) is 0. The van der Waals surface area contributed by atoms with Gasteiger partial charge in [0.05, 0.1) is 5.69 Å². The van der Waals surface area contributed by atoms with E-state index in [1.54, 1.807) is 48.5 Å². The molecule has 6 nitrogen and oxygen atoms in total. The average Bonchev–Trinajstić information content (AvgIpc) is 2.77. The summed E-state index contributed by atoms with van der Waals surface area (Å²) in [5.74, 6) is -0.795. The summed E-state index contributed by atoms with van der Waals surface area (Å²) in [6.07, 6.45) is 1.45. The first-order chi connectivity index (χ1) is 15.8. The number of imide groups is 2. The van der Waals surface area contributed by atoms with Gasteiger partial charge in [-0.05, 0) is 54.1 Å². The van der Waals surface area contributed by atoms with Gasteiger partial charge in [-0.3, -0.25) is 14.9 Å². The van der Waals surface area contributed by atoms with Crippen molar-refractivity contribution in [1.29, 1.82) is 0 Å². The first kappa shape index (κ1) is 23.4. The van der Waals surface area contributed by atoms with Crippen LogP contribution in [0.25, 0.3) is 6.08 Å². The highest BCUT2D eigenvalue weighted by Gasteiger charge is 2.36. The molecule has 1 aliphatic rings. The Hall–Kier alpha value is -2.75. The molecule has 1 N–H and O–H groups in total. The minimum absolute atomic E-state index is 0.137. The largest absolute Gasteiger partial charge is 0.489 e. The van der Waals surface area contributed by atoms with Crippen molar-refractivity contribution in [1.82, 2.24) is 5.32 Å². The Kier molecular flexibility index (Phi) is 7.11. The Morgan fingerprint density at radius 3 is 2.30 bits per heavy atom. The van der Waals surface area contributed by atoms with Crippen LogP contribution in [0, 0.1) is 0 Å². The molecular formula is C24H15Br3N2O4. The maximum Gasteiger partial charge on any atom is 0.335 e. The highest BCUT2D eigenvalue weighted by Crippen LogP contribution is 2.26. The first-order valence-corrected chi connectivity index (χ1v) is 12.0. The van der Waals surface area contributed by atoms with E-state index in [-0.39, 0.29) is 5.57 Å². The second kappa shape index (κ2) is 10.0. The van der Waals surface area contributed by atoms with Crippen molar-refractivity contribution in [2.45, 2.75) is 6.61 Å². The van der Waals surface area contributed by atoms with E-state index >= 15 is 0 Å². The molecule has 3 aromatic rings. The van der Waals surface area contributed by atoms with Crippen LogP contribution in [0.15, 0.2) is 85.7 Å². The number of barbiturate groups is 1. The van der Waals surface area contributed by atoms with Crippen LogP contribution in [0.4, 0.5) is 10.5 Å². The number of benzene rings is 3. The smallest absolute Gasteiger partial charge is 0.335 e. The normalized spacial score (nSPS) is 15.1. The number of hydrogen-bond donors (Lipinski definition) is 1. The SMILES string of the molecule is O=C1NC(=O)N(c2cccc(Br)c2)C(=O)/C1=C/c1ccc(OCc2ccc(Br)cc2Br)cc1. The zero-order valence-corrected chi connectivity index (χ0v) is 21.6. The predicted molar refractivity (Wildman–Crippen MR) is 136 cm³/mol. The summed E-state index contributed by atoms with van der Waals surface area (Å²) in [4.78, 5) is 38.6. The number of carbonyl (C=O) groups excluding carboxylic acids is 3. The molecule has 0 unspecified atom stereocenters. The van der Waals surface area contributed by atoms with E-state index < -0.39 is 17.8 Å². The minimum atomic E-state index is -0.789. The Bertz CT molecular complexity index is 1290. The molecule has 3 aromatic carbocycles. The van der Waals surface area contributed by atoms with Gasteiger partial charge in [-0.2, -0.15) is 0 Å². The van der Waals surface area contributed by atoms with Gasteiger partial charge >= 0.3 is 6.03 Å². The fraction of sp³-hybridized carbons (Fsp3) is 0.0417. The van der Waals surface area contributed by atoms with Crippen LogP contribution >= 0.6 is 47.8 Å². The number of carbonyl (C=O) groups is 3. The highest BCUT2D eigenvalue weighted by molar-refractivity contribution is 9.11. The molecule has 1 saturated heterocycles. The van der Waals surface area contributed by atoms with E-state index in [0.717, 1.165) is 19.4 Å². The van der Waals surface area contributed by atoms with Crippen LogP contribution in [0.2, 0.25) is 0 Å². The van der Waals surface area contributed by atoms with Crippen LogP contribution in [0.5, 0.6) is 5.75 Å². The Labute approximate surface area is 215 Å². The van der Waals surface area contributed by atoms with Gasteiger partial charge in [-0.15, -0.1) is 0 Å². The molecule has 0 radical (unpaired) electrons. The number of hydrogen-bond acceptors (Lipinski definition) is 4. The highest BCUT2D eigenvalue weighted by atomic mass is 79.9. The monoisotopic (exact) mass is 632 g/mol. The lowest BCUT2D eigenvalue weighted by Gasteiger charge is -2.26.